The highest BCUT2D eigenvalue weighted by molar-refractivity contribution is 5.94. The average Bonchev–Trinajstić information content (AvgIpc) is 3.54. The van der Waals surface area contributed by atoms with Crippen molar-refractivity contribution >= 4 is 5.57 Å². The van der Waals surface area contributed by atoms with E-state index in [1.807, 2.05) is 0 Å². The molecule has 54 heavy (non-hydrogen) atoms. The lowest BCUT2D eigenvalue weighted by Gasteiger charge is -2.42. The molecule has 0 fully saturated rings. The lowest BCUT2D eigenvalue weighted by molar-refractivity contribution is 0.435. The van der Waals surface area contributed by atoms with Crippen LogP contribution in [0.1, 0.15) is 35.1 Å². The molecule has 1 heteroatoms. The Morgan fingerprint density at radius 1 is 0.500 bits per heavy atom. The summed E-state index contributed by atoms with van der Waals surface area (Å²) >= 11 is 0. The highest BCUT2D eigenvalue weighted by atomic mass is 16.5. The zero-order valence-electron chi connectivity index (χ0n) is 30.0. The number of hydrogen-bond acceptors (Lipinski definition) is 1. The van der Waals surface area contributed by atoms with Gasteiger partial charge in [0.25, 0.3) is 0 Å². The molecule has 6 aromatic rings. The van der Waals surface area contributed by atoms with Crippen molar-refractivity contribution in [2.24, 2.45) is 11.8 Å². The maximum Gasteiger partial charge on any atom is 0.132 e. The minimum Gasteiger partial charge on any atom is -0.457 e. The Labute approximate surface area is 317 Å². The number of benzene rings is 6. The van der Waals surface area contributed by atoms with Crippen LogP contribution < -0.4 is 4.74 Å². The number of ether oxygens (including phenoxy) is 1. The first-order valence-electron chi connectivity index (χ1n) is 19.2. The molecule has 1 heterocycles. The fourth-order valence-corrected chi connectivity index (χ4v) is 9.82. The molecule has 1 aliphatic heterocycles. The van der Waals surface area contributed by atoms with Crippen LogP contribution in [0.15, 0.2) is 211 Å². The molecule has 2 unspecified atom stereocenters. The first-order chi connectivity index (χ1) is 26.8. The first kappa shape index (κ1) is 31.1. The Hall–Kier alpha value is -6.44. The van der Waals surface area contributed by atoms with Gasteiger partial charge in [0.1, 0.15) is 11.5 Å². The summed E-state index contributed by atoms with van der Waals surface area (Å²) in [4.78, 5) is 0. The van der Waals surface area contributed by atoms with Gasteiger partial charge in [-0.3, -0.25) is 0 Å². The van der Waals surface area contributed by atoms with Crippen LogP contribution in [0.4, 0.5) is 0 Å². The van der Waals surface area contributed by atoms with Crippen molar-refractivity contribution in [1.29, 1.82) is 0 Å². The van der Waals surface area contributed by atoms with Crippen LogP contribution in [0.5, 0.6) is 11.5 Å². The number of fused-ring (bicyclic) bond motifs is 10. The summed E-state index contributed by atoms with van der Waals surface area (Å²) in [5.41, 5.74) is 17.3. The van der Waals surface area contributed by atoms with Crippen LogP contribution in [0.25, 0.3) is 39.0 Å². The second kappa shape index (κ2) is 12.3. The highest BCUT2D eigenvalue weighted by Gasteiger charge is 2.55. The zero-order chi connectivity index (χ0) is 35.6. The van der Waals surface area contributed by atoms with Gasteiger partial charge in [-0.25, -0.2) is 0 Å². The van der Waals surface area contributed by atoms with Crippen LogP contribution in [0.3, 0.4) is 0 Å². The van der Waals surface area contributed by atoms with Crippen LogP contribution in [-0.2, 0) is 5.41 Å². The van der Waals surface area contributed by atoms with Crippen molar-refractivity contribution < 1.29 is 4.74 Å². The van der Waals surface area contributed by atoms with Crippen molar-refractivity contribution in [3.8, 4) is 44.9 Å². The molecule has 0 saturated heterocycles. The summed E-state index contributed by atoms with van der Waals surface area (Å²) < 4.78 is 7.16. The van der Waals surface area contributed by atoms with E-state index in [0.717, 1.165) is 35.5 Å². The highest BCUT2D eigenvalue weighted by Crippen LogP contribution is 2.66. The van der Waals surface area contributed by atoms with Gasteiger partial charge in [-0.05, 0) is 97.8 Å². The molecule has 5 aliphatic rings. The normalized spacial score (nSPS) is 19.6. The van der Waals surface area contributed by atoms with E-state index >= 15 is 0 Å². The lowest BCUT2D eigenvalue weighted by Crippen LogP contribution is -2.34. The van der Waals surface area contributed by atoms with E-state index in [2.05, 4.69) is 194 Å². The summed E-state index contributed by atoms with van der Waals surface area (Å²) in [5.74, 6) is 2.33. The average molecular weight is 691 g/mol. The van der Waals surface area contributed by atoms with Gasteiger partial charge in [0.2, 0.25) is 0 Å². The first-order valence-corrected chi connectivity index (χ1v) is 19.2. The van der Waals surface area contributed by atoms with Crippen LogP contribution in [0, 0.1) is 11.8 Å². The summed E-state index contributed by atoms with van der Waals surface area (Å²) in [5, 5.41) is 0. The predicted molar refractivity (Wildman–Crippen MR) is 222 cm³/mol. The standard InChI is InChI=1S/C53H38O/c1-5-15-35(16-6-1)39-25-28-44-48(31-39)53(49-34-45(38-21-11-4-12-22-38)42-23-13-14-24-43(42)52(44)49)46-29-26-40(36-17-7-2-8-18-36)32-50(46)54-51-33-41(27-30-47(51)53)37-19-9-3-10-20-37/h1-11,13-21,23-34,42-43H,12,22H2. The molecule has 1 nitrogen and oxygen atoms in total. The van der Waals surface area contributed by atoms with E-state index in [-0.39, 0.29) is 11.8 Å². The van der Waals surface area contributed by atoms with Gasteiger partial charge in [-0.2, -0.15) is 0 Å². The molecule has 0 aromatic heterocycles. The zero-order valence-corrected chi connectivity index (χ0v) is 30.0. The minimum absolute atomic E-state index is 0.222. The van der Waals surface area contributed by atoms with Gasteiger partial charge in [0.15, 0.2) is 0 Å². The Kier molecular flexibility index (Phi) is 7.10. The molecule has 0 radical (unpaired) electrons. The maximum atomic E-state index is 7.16. The topological polar surface area (TPSA) is 9.23 Å². The summed E-state index contributed by atoms with van der Waals surface area (Å²) in [7, 11) is 0. The van der Waals surface area contributed by atoms with E-state index in [1.54, 1.807) is 0 Å². The smallest absolute Gasteiger partial charge is 0.132 e. The van der Waals surface area contributed by atoms with Gasteiger partial charge in [0.05, 0.1) is 5.41 Å². The molecule has 0 amide bonds. The Morgan fingerprint density at radius 2 is 1.06 bits per heavy atom. The quantitative estimate of drug-likeness (QED) is 0.179. The van der Waals surface area contributed by atoms with Crippen molar-refractivity contribution in [2.45, 2.75) is 18.3 Å². The second-order valence-corrected chi connectivity index (χ2v) is 15.0. The third-order valence-electron chi connectivity index (χ3n) is 12.2. The van der Waals surface area contributed by atoms with E-state index in [9.17, 15) is 0 Å². The molecule has 256 valence electrons. The van der Waals surface area contributed by atoms with Gasteiger partial charge in [-0.1, -0.05) is 176 Å². The summed E-state index contributed by atoms with van der Waals surface area (Å²) in [6.45, 7) is 0. The van der Waals surface area contributed by atoms with E-state index in [0.29, 0.717) is 0 Å². The van der Waals surface area contributed by atoms with Gasteiger partial charge < -0.3 is 4.74 Å². The van der Waals surface area contributed by atoms with E-state index in [1.165, 1.54) is 66.8 Å². The molecule has 4 aliphatic carbocycles. The summed E-state index contributed by atoms with van der Waals surface area (Å²) in [6, 6.07) is 53.3. The fraction of sp³-hybridized carbons (Fsp3) is 0.0943. The second-order valence-electron chi connectivity index (χ2n) is 15.0. The lowest BCUT2D eigenvalue weighted by atomic mass is 9.62. The predicted octanol–water partition coefficient (Wildman–Crippen LogP) is 13.5. The van der Waals surface area contributed by atoms with Crippen LogP contribution in [-0.4, -0.2) is 0 Å². The number of hydrogen-bond donors (Lipinski definition) is 0. The number of allylic oxidation sites excluding steroid dienone is 12. The molecule has 6 aromatic carbocycles. The SMILES string of the molecule is C1=CCCC(C2=CC3=C(c4ccc(-c5ccccc5)cc4C34c3ccc(-c5ccccc5)cc3Oc3cc(-c5ccccc5)ccc34)C3C=CC=CC23)=C1. The molecule has 0 N–H and O–H groups in total. The molecule has 0 bridgehead atoms. The maximum absolute atomic E-state index is 7.16. The van der Waals surface area contributed by atoms with E-state index < -0.39 is 5.41 Å². The van der Waals surface area contributed by atoms with Gasteiger partial charge >= 0.3 is 0 Å². The van der Waals surface area contributed by atoms with E-state index in [4.69, 9.17) is 4.74 Å². The van der Waals surface area contributed by atoms with Crippen molar-refractivity contribution in [1.82, 2.24) is 0 Å². The summed E-state index contributed by atoms with van der Waals surface area (Å²) in [6.07, 6.45) is 21.0. The largest absolute Gasteiger partial charge is 0.457 e. The Morgan fingerprint density at radius 3 is 1.63 bits per heavy atom. The molecule has 0 saturated carbocycles. The molecule has 2 atom stereocenters. The van der Waals surface area contributed by atoms with Crippen molar-refractivity contribution in [3.63, 3.8) is 0 Å². The Bertz CT molecular complexity index is 2580. The fourth-order valence-electron chi connectivity index (χ4n) is 9.82. The molecular weight excluding hydrogens is 653 g/mol. The Balaban J connectivity index is 1.25. The van der Waals surface area contributed by atoms with Gasteiger partial charge in [-0.15, -0.1) is 0 Å². The monoisotopic (exact) mass is 690 g/mol. The van der Waals surface area contributed by atoms with Crippen LogP contribution >= 0.6 is 0 Å². The molecule has 11 rings (SSSR count). The van der Waals surface area contributed by atoms with Crippen molar-refractivity contribution in [3.05, 3.63) is 233 Å². The third kappa shape index (κ3) is 4.64. The number of rotatable bonds is 4. The molecule has 1 spiro atoms. The third-order valence-corrected chi connectivity index (χ3v) is 12.2. The van der Waals surface area contributed by atoms with Crippen molar-refractivity contribution in [2.75, 3.05) is 0 Å². The van der Waals surface area contributed by atoms with Crippen LogP contribution in [0.2, 0.25) is 0 Å². The minimum atomic E-state index is -0.598. The molecular formula is C53H38O. The van der Waals surface area contributed by atoms with Gasteiger partial charge in [0, 0.05) is 23.0 Å².